The second-order valence-corrected chi connectivity index (χ2v) is 9.88. The summed E-state index contributed by atoms with van der Waals surface area (Å²) in [6.07, 6.45) is 4.31. The molecular formula is C25H29ClO2. The van der Waals surface area contributed by atoms with Crippen molar-refractivity contribution in [2.45, 2.75) is 64.4 Å². The van der Waals surface area contributed by atoms with Crippen molar-refractivity contribution in [2.75, 3.05) is 0 Å². The standard InChI is InChI=1S/C25H29ClO2/c1-15-6-11-20-19(12-15)23-21(27)13-17(14-22(23)28-25(20,4)5)24(2,3)16-7-9-18(26)10-8-16/h6-10,13-14,19-20,27H,11-12H2,1-5H3. The fourth-order valence-electron chi connectivity index (χ4n) is 4.96. The maximum atomic E-state index is 11.1. The minimum absolute atomic E-state index is 0.260. The highest BCUT2D eigenvalue weighted by Crippen LogP contribution is 2.55. The molecule has 0 bridgehead atoms. The predicted molar refractivity (Wildman–Crippen MR) is 116 cm³/mol. The van der Waals surface area contributed by atoms with Crippen molar-refractivity contribution >= 4 is 11.6 Å². The summed E-state index contributed by atoms with van der Waals surface area (Å²) in [4.78, 5) is 0. The van der Waals surface area contributed by atoms with Crippen molar-refractivity contribution in [3.8, 4) is 11.5 Å². The molecule has 1 N–H and O–H groups in total. The SMILES string of the molecule is CC1=CCC2C(C1)c1c(O)cc(C(C)(C)c3ccc(Cl)cc3)cc1OC2(C)C. The average Bonchev–Trinajstić information content (AvgIpc) is 2.60. The van der Waals surface area contributed by atoms with Crippen LogP contribution in [-0.4, -0.2) is 10.7 Å². The number of fused-ring (bicyclic) bond motifs is 3. The van der Waals surface area contributed by atoms with Gasteiger partial charge in [-0.25, -0.2) is 0 Å². The van der Waals surface area contributed by atoms with Crippen LogP contribution in [0.4, 0.5) is 0 Å². The number of benzene rings is 2. The van der Waals surface area contributed by atoms with Crippen LogP contribution in [0.15, 0.2) is 48.0 Å². The number of halogens is 1. The molecule has 1 heterocycles. The summed E-state index contributed by atoms with van der Waals surface area (Å²) in [6.45, 7) is 10.9. The van der Waals surface area contributed by atoms with Crippen molar-refractivity contribution in [1.29, 1.82) is 0 Å². The summed E-state index contributed by atoms with van der Waals surface area (Å²) in [5, 5.41) is 11.8. The topological polar surface area (TPSA) is 29.5 Å². The van der Waals surface area contributed by atoms with E-state index in [0.29, 0.717) is 17.6 Å². The lowest BCUT2D eigenvalue weighted by molar-refractivity contribution is 0.00745. The van der Waals surface area contributed by atoms with Gasteiger partial charge in [0.2, 0.25) is 0 Å². The molecule has 28 heavy (non-hydrogen) atoms. The van der Waals surface area contributed by atoms with Crippen LogP contribution in [0, 0.1) is 5.92 Å². The number of aromatic hydroxyl groups is 1. The Kier molecular flexibility index (Phi) is 4.54. The first kappa shape index (κ1) is 19.4. The van der Waals surface area contributed by atoms with Gasteiger partial charge in [-0.15, -0.1) is 0 Å². The summed E-state index contributed by atoms with van der Waals surface area (Å²) in [5.41, 5.74) is 4.04. The van der Waals surface area contributed by atoms with Gasteiger partial charge < -0.3 is 9.84 Å². The minimum atomic E-state index is -0.274. The first-order chi connectivity index (χ1) is 13.1. The minimum Gasteiger partial charge on any atom is -0.508 e. The third-order valence-electron chi connectivity index (χ3n) is 6.79. The molecule has 4 rings (SSSR count). The fraction of sp³-hybridized carbons (Fsp3) is 0.440. The van der Waals surface area contributed by atoms with E-state index in [9.17, 15) is 5.11 Å². The van der Waals surface area contributed by atoms with Crippen LogP contribution in [0.1, 0.15) is 70.1 Å². The van der Waals surface area contributed by atoms with Gasteiger partial charge in [0.25, 0.3) is 0 Å². The van der Waals surface area contributed by atoms with Gasteiger partial charge in [0.15, 0.2) is 0 Å². The monoisotopic (exact) mass is 396 g/mol. The van der Waals surface area contributed by atoms with Gasteiger partial charge in [-0.05, 0) is 69.0 Å². The van der Waals surface area contributed by atoms with Crippen LogP contribution in [-0.2, 0) is 5.41 Å². The van der Waals surface area contributed by atoms with Gasteiger partial charge in [0, 0.05) is 27.8 Å². The Morgan fingerprint density at radius 1 is 1.11 bits per heavy atom. The number of phenolic OH excluding ortho intramolecular Hbond substituents is 1. The normalized spacial score (nSPS) is 23.3. The average molecular weight is 397 g/mol. The molecule has 0 aromatic heterocycles. The Bertz CT molecular complexity index is 938. The molecule has 2 aromatic rings. The van der Waals surface area contributed by atoms with E-state index in [1.807, 2.05) is 18.2 Å². The third-order valence-corrected chi connectivity index (χ3v) is 7.04. The number of hydrogen-bond donors (Lipinski definition) is 1. The van der Waals surface area contributed by atoms with Crippen molar-refractivity contribution in [2.24, 2.45) is 5.92 Å². The van der Waals surface area contributed by atoms with Crippen LogP contribution >= 0.6 is 11.6 Å². The quantitative estimate of drug-likeness (QED) is 0.554. The molecule has 0 fully saturated rings. The van der Waals surface area contributed by atoms with Crippen LogP contribution < -0.4 is 4.74 Å². The zero-order chi connectivity index (χ0) is 20.3. The predicted octanol–water partition coefficient (Wildman–Crippen LogP) is 6.98. The van der Waals surface area contributed by atoms with Gasteiger partial charge in [0.1, 0.15) is 17.1 Å². The molecule has 0 amide bonds. The van der Waals surface area contributed by atoms with Gasteiger partial charge in [-0.3, -0.25) is 0 Å². The zero-order valence-electron chi connectivity index (χ0n) is 17.3. The Morgan fingerprint density at radius 3 is 2.46 bits per heavy atom. The third kappa shape index (κ3) is 3.12. The van der Waals surface area contributed by atoms with Crippen LogP contribution in [0.25, 0.3) is 0 Å². The molecule has 0 spiro atoms. The van der Waals surface area contributed by atoms with Crippen molar-refractivity contribution in [3.63, 3.8) is 0 Å². The Hall–Kier alpha value is -1.93. The van der Waals surface area contributed by atoms with E-state index in [0.717, 1.165) is 40.3 Å². The summed E-state index contributed by atoms with van der Waals surface area (Å²) < 4.78 is 6.49. The van der Waals surface area contributed by atoms with E-state index in [2.05, 4.69) is 58.9 Å². The molecule has 2 aliphatic rings. The highest BCUT2D eigenvalue weighted by atomic mass is 35.5. The van der Waals surface area contributed by atoms with Crippen LogP contribution in [0.2, 0.25) is 5.02 Å². The second-order valence-electron chi connectivity index (χ2n) is 9.45. The molecule has 2 atom stereocenters. The molecule has 0 radical (unpaired) electrons. The zero-order valence-corrected chi connectivity index (χ0v) is 18.1. The van der Waals surface area contributed by atoms with Crippen molar-refractivity contribution < 1.29 is 9.84 Å². The number of phenols is 1. The molecule has 2 unspecified atom stereocenters. The molecule has 0 saturated carbocycles. The van der Waals surface area contributed by atoms with Crippen molar-refractivity contribution in [3.05, 3.63) is 69.8 Å². The van der Waals surface area contributed by atoms with Gasteiger partial charge in [-0.1, -0.05) is 49.2 Å². The van der Waals surface area contributed by atoms with E-state index in [4.69, 9.17) is 16.3 Å². The van der Waals surface area contributed by atoms with Crippen LogP contribution in [0.3, 0.4) is 0 Å². The van der Waals surface area contributed by atoms with Crippen molar-refractivity contribution in [1.82, 2.24) is 0 Å². The number of hydrogen-bond acceptors (Lipinski definition) is 2. The first-order valence-corrected chi connectivity index (χ1v) is 10.5. The first-order valence-electron chi connectivity index (χ1n) is 10.1. The lowest BCUT2D eigenvalue weighted by Gasteiger charge is -2.47. The summed E-state index contributed by atoms with van der Waals surface area (Å²) in [6, 6.07) is 12.0. The van der Waals surface area contributed by atoms with E-state index in [1.165, 1.54) is 5.57 Å². The summed E-state index contributed by atoms with van der Waals surface area (Å²) in [5.74, 6) is 1.87. The summed E-state index contributed by atoms with van der Waals surface area (Å²) >= 11 is 6.07. The maximum absolute atomic E-state index is 11.1. The van der Waals surface area contributed by atoms with Gasteiger partial charge in [-0.2, -0.15) is 0 Å². The molecular weight excluding hydrogens is 368 g/mol. The Balaban J connectivity index is 1.82. The molecule has 1 aliphatic heterocycles. The highest BCUT2D eigenvalue weighted by Gasteiger charge is 2.46. The fourth-order valence-corrected chi connectivity index (χ4v) is 5.08. The molecule has 2 nitrogen and oxygen atoms in total. The molecule has 2 aromatic carbocycles. The molecule has 3 heteroatoms. The lowest BCUT2D eigenvalue weighted by Crippen LogP contribution is -2.45. The molecule has 0 saturated heterocycles. The smallest absolute Gasteiger partial charge is 0.127 e. The number of ether oxygens (including phenoxy) is 1. The Morgan fingerprint density at radius 2 is 1.79 bits per heavy atom. The molecule has 1 aliphatic carbocycles. The number of rotatable bonds is 2. The van der Waals surface area contributed by atoms with Crippen LogP contribution in [0.5, 0.6) is 11.5 Å². The summed E-state index contributed by atoms with van der Waals surface area (Å²) in [7, 11) is 0. The molecule has 148 valence electrons. The second kappa shape index (κ2) is 6.56. The van der Waals surface area contributed by atoms with Gasteiger partial charge in [0.05, 0.1) is 0 Å². The maximum Gasteiger partial charge on any atom is 0.127 e. The van der Waals surface area contributed by atoms with E-state index in [-0.39, 0.29) is 11.0 Å². The highest BCUT2D eigenvalue weighted by molar-refractivity contribution is 6.30. The van der Waals surface area contributed by atoms with E-state index < -0.39 is 0 Å². The van der Waals surface area contributed by atoms with E-state index in [1.54, 1.807) is 0 Å². The number of allylic oxidation sites excluding steroid dienone is 2. The van der Waals surface area contributed by atoms with Gasteiger partial charge >= 0.3 is 0 Å². The van der Waals surface area contributed by atoms with E-state index >= 15 is 0 Å². The lowest BCUT2D eigenvalue weighted by atomic mass is 9.66. The largest absolute Gasteiger partial charge is 0.508 e. The Labute approximate surface area is 173 Å².